The van der Waals surface area contributed by atoms with Crippen molar-refractivity contribution in [2.45, 2.75) is 43.4 Å². The molecular formula is C19H32N6O6S2. The zero-order valence-corrected chi connectivity index (χ0v) is 20.2. The summed E-state index contributed by atoms with van der Waals surface area (Å²) in [5.74, 6) is -2.23. The van der Waals surface area contributed by atoms with Gasteiger partial charge in [-0.05, 0) is 36.9 Å². The Bertz CT molecular complexity index is 766. The van der Waals surface area contributed by atoms with E-state index >= 15 is 0 Å². The topological polar surface area (TPSA) is 200 Å². The summed E-state index contributed by atoms with van der Waals surface area (Å²) in [7, 11) is 0. The molecule has 4 atom stereocenters. The predicted octanol–water partition coefficient (Wildman–Crippen LogP) is -1.68. The molecule has 1 aromatic rings. The third-order valence-electron chi connectivity index (χ3n) is 4.62. The zero-order valence-electron chi connectivity index (χ0n) is 18.6. The highest BCUT2D eigenvalue weighted by atomic mass is 32.2. The number of hydrogen-bond acceptors (Lipinski definition) is 9. The average Bonchev–Trinajstić information content (AvgIpc) is 3.29. The third-order valence-corrected chi connectivity index (χ3v) is 5.90. The highest BCUT2D eigenvalue weighted by Crippen LogP contribution is 2.05. The molecule has 0 aliphatic heterocycles. The molecule has 4 unspecified atom stereocenters. The Morgan fingerprint density at radius 2 is 1.55 bits per heavy atom. The number of rotatable bonds is 16. The van der Waals surface area contributed by atoms with Crippen molar-refractivity contribution in [1.82, 2.24) is 25.9 Å². The maximum Gasteiger partial charge on any atom is 0.326 e. The number of hydrogen-bond donors (Lipinski definition) is 7. The standard InChI is InChI=1S/C19H32N6O6S2/c1-32-5-3-13(23-16(27)12(20)7-11-8-21-10-22-11)17(28)25-15(9-26)18(29)24-14(19(30)31)4-6-33-2/h8,10,12-15,26H,3-7,9,20H2,1-2H3,(H,21,22)(H,23,27)(H,24,29)(H,25,28)(H,30,31). The highest BCUT2D eigenvalue weighted by Gasteiger charge is 2.29. The van der Waals surface area contributed by atoms with Crippen LogP contribution in [0.25, 0.3) is 0 Å². The van der Waals surface area contributed by atoms with Crippen LogP contribution < -0.4 is 21.7 Å². The number of aliphatic carboxylic acids is 1. The molecule has 0 aliphatic carbocycles. The van der Waals surface area contributed by atoms with Crippen LogP contribution in [0.5, 0.6) is 0 Å². The van der Waals surface area contributed by atoms with Gasteiger partial charge in [0, 0.05) is 18.3 Å². The van der Waals surface area contributed by atoms with Gasteiger partial charge in [-0.25, -0.2) is 9.78 Å². The number of nitrogens with two attached hydrogens (primary N) is 1. The van der Waals surface area contributed by atoms with Crippen molar-refractivity contribution >= 4 is 47.2 Å². The number of aromatic amines is 1. The lowest BCUT2D eigenvalue weighted by Gasteiger charge is -2.24. The van der Waals surface area contributed by atoms with E-state index in [0.717, 1.165) is 0 Å². The van der Waals surface area contributed by atoms with Crippen molar-refractivity contribution in [2.75, 3.05) is 30.6 Å². The van der Waals surface area contributed by atoms with Gasteiger partial charge in [0.15, 0.2) is 0 Å². The molecule has 0 saturated carbocycles. The number of thioether (sulfide) groups is 2. The molecule has 0 saturated heterocycles. The van der Waals surface area contributed by atoms with Crippen molar-refractivity contribution in [1.29, 1.82) is 0 Å². The first-order valence-electron chi connectivity index (χ1n) is 10.2. The minimum Gasteiger partial charge on any atom is -0.480 e. The molecule has 1 rings (SSSR count). The van der Waals surface area contributed by atoms with Gasteiger partial charge in [-0.1, -0.05) is 0 Å². The summed E-state index contributed by atoms with van der Waals surface area (Å²) < 4.78 is 0. The quantitative estimate of drug-likeness (QED) is 0.136. The van der Waals surface area contributed by atoms with E-state index in [0.29, 0.717) is 17.2 Å². The molecule has 0 bridgehead atoms. The fourth-order valence-corrected chi connectivity index (χ4v) is 3.68. The molecule has 0 radical (unpaired) electrons. The van der Waals surface area contributed by atoms with Gasteiger partial charge in [0.1, 0.15) is 18.1 Å². The molecule has 0 aromatic carbocycles. The van der Waals surface area contributed by atoms with Gasteiger partial charge in [-0.3, -0.25) is 14.4 Å². The Labute approximate surface area is 200 Å². The number of aliphatic hydroxyl groups excluding tert-OH is 1. The van der Waals surface area contributed by atoms with E-state index in [1.807, 2.05) is 6.26 Å². The van der Waals surface area contributed by atoms with Crippen LogP contribution in [0.2, 0.25) is 0 Å². The number of nitrogens with one attached hydrogen (secondary N) is 4. The van der Waals surface area contributed by atoms with Crippen LogP contribution in [0.1, 0.15) is 18.5 Å². The monoisotopic (exact) mass is 504 g/mol. The lowest BCUT2D eigenvalue weighted by Crippen LogP contribution is -2.58. The number of carboxylic acid groups (broad SMARTS) is 1. The van der Waals surface area contributed by atoms with Crippen molar-refractivity contribution in [2.24, 2.45) is 5.73 Å². The first-order chi connectivity index (χ1) is 15.7. The lowest BCUT2D eigenvalue weighted by atomic mass is 10.1. The predicted molar refractivity (Wildman–Crippen MR) is 127 cm³/mol. The van der Waals surface area contributed by atoms with Crippen LogP contribution in [0.4, 0.5) is 0 Å². The van der Waals surface area contributed by atoms with Gasteiger partial charge >= 0.3 is 5.97 Å². The van der Waals surface area contributed by atoms with Crippen molar-refractivity contribution in [3.8, 4) is 0 Å². The van der Waals surface area contributed by atoms with E-state index in [-0.39, 0.29) is 19.3 Å². The summed E-state index contributed by atoms with van der Waals surface area (Å²) in [5.41, 5.74) is 6.59. The van der Waals surface area contributed by atoms with Crippen LogP contribution in [0.15, 0.2) is 12.5 Å². The number of imidazole rings is 1. The fourth-order valence-electron chi connectivity index (χ4n) is 2.74. The third kappa shape index (κ3) is 10.5. The molecule has 3 amide bonds. The summed E-state index contributed by atoms with van der Waals surface area (Å²) in [5, 5.41) is 26.2. The number of aromatic nitrogens is 2. The Morgan fingerprint density at radius 3 is 2.06 bits per heavy atom. The molecule has 0 aliphatic rings. The maximum absolute atomic E-state index is 12.8. The molecule has 33 heavy (non-hydrogen) atoms. The van der Waals surface area contributed by atoms with Gasteiger partial charge in [0.2, 0.25) is 17.7 Å². The van der Waals surface area contributed by atoms with E-state index in [1.165, 1.54) is 29.9 Å². The molecule has 1 heterocycles. The minimum atomic E-state index is -1.37. The minimum absolute atomic E-state index is 0.189. The van der Waals surface area contributed by atoms with Crippen molar-refractivity contribution < 1.29 is 29.4 Å². The first kappa shape index (κ1) is 28.7. The smallest absolute Gasteiger partial charge is 0.326 e. The number of carbonyl (C=O) groups excluding carboxylic acids is 3. The van der Waals surface area contributed by atoms with Gasteiger partial charge in [0.25, 0.3) is 0 Å². The largest absolute Gasteiger partial charge is 0.480 e. The Morgan fingerprint density at radius 1 is 1.00 bits per heavy atom. The molecule has 186 valence electrons. The summed E-state index contributed by atoms with van der Waals surface area (Å²) in [6, 6.07) is -4.45. The average molecular weight is 505 g/mol. The van der Waals surface area contributed by atoms with Crippen molar-refractivity contribution in [3.63, 3.8) is 0 Å². The number of amides is 3. The number of nitrogens with zero attached hydrogens (tertiary/aromatic N) is 1. The Hall–Kier alpha value is -2.29. The Balaban J connectivity index is 2.77. The number of carboxylic acids is 1. The molecule has 0 spiro atoms. The van der Waals surface area contributed by atoms with E-state index in [9.17, 15) is 29.4 Å². The van der Waals surface area contributed by atoms with Crippen molar-refractivity contribution in [3.05, 3.63) is 18.2 Å². The molecule has 12 nitrogen and oxygen atoms in total. The van der Waals surface area contributed by atoms with Gasteiger partial charge in [-0.15, -0.1) is 0 Å². The van der Waals surface area contributed by atoms with Gasteiger partial charge in [-0.2, -0.15) is 23.5 Å². The van der Waals surface area contributed by atoms with Crippen LogP contribution in [-0.4, -0.2) is 98.7 Å². The van der Waals surface area contributed by atoms with E-state index in [2.05, 4.69) is 25.9 Å². The van der Waals surface area contributed by atoms with E-state index in [4.69, 9.17) is 5.73 Å². The second kappa shape index (κ2) is 15.5. The molecule has 8 N–H and O–H groups in total. The van der Waals surface area contributed by atoms with Crippen LogP contribution >= 0.6 is 23.5 Å². The van der Waals surface area contributed by atoms with Crippen LogP contribution in [0, 0.1) is 0 Å². The summed E-state index contributed by atoms with van der Waals surface area (Å²) in [4.78, 5) is 55.8. The van der Waals surface area contributed by atoms with Gasteiger partial charge < -0.3 is 36.9 Å². The molecular weight excluding hydrogens is 472 g/mol. The van der Waals surface area contributed by atoms with E-state index in [1.54, 1.807) is 12.5 Å². The Kier molecular flexibility index (Phi) is 13.5. The molecule has 0 fully saturated rings. The molecule has 14 heteroatoms. The van der Waals surface area contributed by atoms with Crippen LogP contribution in [-0.2, 0) is 25.6 Å². The lowest BCUT2D eigenvalue weighted by molar-refractivity contribution is -0.142. The molecule has 1 aromatic heterocycles. The highest BCUT2D eigenvalue weighted by molar-refractivity contribution is 7.98. The normalized spacial score (nSPS) is 14.5. The fraction of sp³-hybridized carbons (Fsp3) is 0.632. The summed E-state index contributed by atoms with van der Waals surface area (Å²) in [6.07, 6.45) is 7.29. The second-order valence-corrected chi connectivity index (χ2v) is 9.13. The van der Waals surface area contributed by atoms with E-state index < -0.39 is 54.5 Å². The second-order valence-electron chi connectivity index (χ2n) is 7.15. The first-order valence-corrected chi connectivity index (χ1v) is 13.0. The van der Waals surface area contributed by atoms with Gasteiger partial charge in [0.05, 0.1) is 19.0 Å². The SMILES string of the molecule is CSCCC(NC(=O)C(CO)NC(=O)C(CCSC)NC(=O)C(N)Cc1cnc[nH]1)C(=O)O. The number of aliphatic hydroxyl groups is 1. The van der Waals surface area contributed by atoms with Crippen LogP contribution in [0.3, 0.4) is 0 Å². The number of carbonyl (C=O) groups is 4. The zero-order chi connectivity index (χ0) is 24.8. The summed E-state index contributed by atoms with van der Waals surface area (Å²) in [6.45, 7) is -0.741. The summed E-state index contributed by atoms with van der Waals surface area (Å²) >= 11 is 2.89. The maximum atomic E-state index is 12.8. The number of H-pyrrole nitrogens is 1.